The summed E-state index contributed by atoms with van der Waals surface area (Å²) in [5, 5.41) is 0. The molecule has 1 heteroatoms. The van der Waals surface area contributed by atoms with Gasteiger partial charge in [0.15, 0.2) is 5.78 Å². The van der Waals surface area contributed by atoms with Gasteiger partial charge in [0.25, 0.3) is 0 Å². The fraction of sp³-hybridized carbons (Fsp3) is 0.583. The molecule has 2 aliphatic rings. The second-order valence-electron chi connectivity index (χ2n) is 4.24. The third kappa shape index (κ3) is 1.48. The molecule has 0 N–H and O–H groups in total. The normalized spacial score (nSPS) is 28.6. The van der Waals surface area contributed by atoms with Crippen molar-refractivity contribution in [3.05, 3.63) is 22.8 Å². The molecular weight excluding hydrogens is 160 g/mol. The molecule has 1 saturated carbocycles. The Morgan fingerprint density at radius 1 is 1.38 bits per heavy atom. The fourth-order valence-electron chi connectivity index (χ4n) is 2.35. The van der Waals surface area contributed by atoms with Gasteiger partial charge in [-0.15, -0.1) is 0 Å². The summed E-state index contributed by atoms with van der Waals surface area (Å²) < 4.78 is 0. The number of Topliss-reactive ketones (excluding diaryl/α,β-unsaturated/α-hetero) is 1. The molecule has 0 aromatic heterocycles. The molecule has 0 aromatic rings. The van der Waals surface area contributed by atoms with Crippen molar-refractivity contribution < 1.29 is 4.79 Å². The fourth-order valence-corrected chi connectivity index (χ4v) is 2.35. The first-order chi connectivity index (χ1) is 6.18. The molecule has 1 nitrogen and oxygen atoms in total. The smallest absolute Gasteiger partial charge is 0.159 e. The maximum absolute atomic E-state index is 11.7. The van der Waals surface area contributed by atoms with E-state index in [1.54, 1.807) is 0 Å². The van der Waals surface area contributed by atoms with Crippen molar-refractivity contribution in [2.24, 2.45) is 5.92 Å². The zero-order valence-electron chi connectivity index (χ0n) is 8.39. The number of hydrogen-bond donors (Lipinski definition) is 0. The van der Waals surface area contributed by atoms with Crippen LogP contribution in [0, 0.1) is 5.92 Å². The van der Waals surface area contributed by atoms with Gasteiger partial charge in [0.05, 0.1) is 0 Å². The van der Waals surface area contributed by atoms with Crippen LogP contribution in [0.2, 0.25) is 0 Å². The summed E-state index contributed by atoms with van der Waals surface area (Å²) in [5.74, 6) is 0.926. The molecule has 0 saturated heterocycles. The van der Waals surface area contributed by atoms with Crippen molar-refractivity contribution in [1.82, 2.24) is 0 Å². The summed E-state index contributed by atoms with van der Waals surface area (Å²) in [7, 11) is 0. The Kier molecular flexibility index (Phi) is 2.10. The van der Waals surface area contributed by atoms with E-state index >= 15 is 0 Å². The molecule has 1 atom stereocenters. The summed E-state index contributed by atoms with van der Waals surface area (Å²) in [4.78, 5) is 11.7. The van der Waals surface area contributed by atoms with Crippen LogP contribution in [-0.2, 0) is 4.79 Å². The van der Waals surface area contributed by atoms with Crippen molar-refractivity contribution in [1.29, 1.82) is 0 Å². The third-order valence-corrected chi connectivity index (χ3v) is 3.39. The number of ketones is 1. The van der Waals surface area contributed by atoms with Crippen LogP contribution < -0.4 is 0 Å². The van der Waals surface area contributed by atoms with Crippen LogP contribution in [0.1, 0.15) is 39.5 Å². The molecular formula is C12H16O. The monoisotopic (exact) mass is 176 g/mol. The maximum atomic E-state index is 11.7. The van der Waals surface area contributed by atoms with Gasteiger partial charge < -0.3 is 0 Å². The van der Waals surface area contributed by atoms with Gasteiger partial charge in [-0.1, -0.05) is 11.6 Å². The molecule has 0 radical (unpaired) electrons. The lowest BCUT2D eigenvalue weighted by Crippen LogP contribution is -2.05. The largest absolute Gasteiger partial charge is 0.295 e. The van der Waals surface area contributed by atoms with Crippen LogP contribution in [-0.4, -0.2) is 5.78 Å². The van der Waals surface area contributed by atoms with E-state index in [4.69, 9.17) is 0 Å². The summed E-state index contributed by atoms with van der Waals surface area (Å²) in [5.41, 5.74) is 3.68. The average molecular weight is 176 g/mol. The van der Waals surface area contributed by atoms with Gasteiger partial charge in [-0.2, -0.15) is 0 Å². The molecule has 13 heavy (non-hydrogen) atoms. The van der Waals surface area contributed by atoms with E-state index in [2.05, 4.69) is 13.0 Å². The van der Waals surface area contributed by atoms with Crippen LogP contribution >= 0.6 is 0 Å². The number of allylic oxidation sites excluding steroid dienone is 4. The van der Waals surface area contributed by atoms with Gasteiger partial charge >= 0.3 is 0 Å². The van der Waals surface area contributed by atoms with E-state index in [9.17, 15) is 4.79 Å². The van der Waals surface area contributed by atoms with Gasteiger partial charge in [0.2, 0.25) is 0 Å². The molecule has 1 fully saturated rings. The van der Waals surface area contributed by atoms with Gasteiger partial charge in [0.1, 0.15) is 0 Å². The Labute approximate surface area is 79.5 Å². The molecule has 0 heterocycles. The van der Waals surface area contributed by atoms with E-state index in [-0.39, 0.29) is 0 Å². The van der Waals surface area contributed by atoms with Crippen LogP contribution in [0.25, 0.3) is 0 Å². The molecule has 0 spiro atoms. The van der Waals surface area contributed by atoms with Crippen LogP contribution in [0.3, 0.4) is 0 Å². The van der Waals surface area contributed by atoms with Crippen molar-refractivity contribution >= 4 is 5.78 Å². The number of carbonyl (C=O) groups is 1. The standard InChI is InChI=1S/C12H16O/c1-8-6-10-4-3-5-11(10)7-12(13)9(8)2/h6,11H,3-5,7H2,1-2H3. The molecule has 2 aliphatic carbocycles. The Balaban J connectivity index is 2.37. The van der Waals surface area contributed by atoms with E-state index in [0.29, 0.717) is 11.7 Å². The number of hydrogen-bond acceptors (Lipinski definition) is 1. The highest BCUT2D eigenvalue weighted by atomic mass is 16.1. The van der Waals surface area contributed by atoms with Crippen molar-refractivity contribution in [3.8, 4) is 0 Å². The lowest BCUT2D eigenvalue weighted by Gasteiger charge is -2.07. The first-order valence-electron chi connectivity index (χ1n) is 5.09. The average Bonchev–Trinajstić information content (AvgIpc) is 2.47. The third-order valence-electron chi connectivity index (χ3n) is 3.39. The molecule has 70 valence electrons. The zero-order valence-corrected chi connectivity index (χ0v) is 8.39. The number of carbonyl (C=O) groups excluding carboxylic acids is 1. The van der Waals surface area contributed by atoms with E-state index in [0.717, 1.165) is 12.0 Å². The zero-order chi connectivity index (χ0) is 9.42. The van der Waals surface area contributed by atoms with E-state index in [1.165, 1.54) is 30.4 Å². The minimum Gasteiger partial charge on any atom is -0.295 e. The number of rotatable bonds is 0. The Bertz CT molecular complexity index is 307. The van der Waals surface area contributed by atoms with Crippen molar-refractivity contribution in [2.75, 3.05) is 0 Å². The van der Waals surface area contributed by atoms with E-state index in [1.807, 2.05) is 6.92 Å². The topological polar surface area (TPSA) is 17.1 Å². The van der Waals surface area contributed by atoms with Crippen LogP contribution in [0.5, 0.6) is 0 Å². The maximum Gasteiger partial charge on any atom is 0.159 e. The highest BCUT2D eigenvalue weighted by Gasteiger charge is 2.26. The molecule has 0 aliphatic heterocycles. The molecule has 1 unspecified atom stereocenters. The van der Waals surface area contributed by atoms with Crippen LogP contribution in [0.15, 0.2) is 22.8 Å². The minimum absolute atomic E-state index is 0.357. The van der Waals surface area contributed by atoms with E-state index < -0.39 is 0 Å². The van der Waals surface area contributed by atoms with Gasteiger partial charge in [0, 0.05) is 6.42 Å². The molecule has 0 aromatic carbocycles. The molecule has 2 rings (SSSR count). The van der Waals surface area contributed by atoms with Gasteiger partial charge in [-0.25, -0.2) is 0 Å². The Morgan fingerprint density at radius 2 is 2.15 bits per heavy atom. The first kappa shape index (κ1) is 8.74. The predicted octanol–water partition coefficient (Wildman–Crippen LogP) is 3.02. The summed E-state index contributed by atoms with van der Waals surface area (Å²) in [6, 6.07) is 0. The number of fused-ring (bicyclic) bond motifs is 1. The molecule has 0 bridgehead atoms. The summed E-state index contributed by atoms with van der Waals surface area (Å²) in [6.45, 7) is 4.01. The lowest BCUT2D eigenvalue weighted by atomic mass is 9.97. The quantitative estimate of drug-likeness (QED) is 0.554. The van der Waals surface area contributed by atoms with Crippen molar-refractivity contribution in [2.45, 2.75) is 39.5 Å². The molecule has 0 amide bonds. The van der Waals surface area contributed by atoms with Crippen LogP contribution in [0.4, 0.5) is 0 Å². The SMILES string of the molecule is CC1=C(C)C(=O)CC2CCCC2=C1. The second-order valence-corrected chi connectivity index (χ2v) is 4.24. The van der Waals surface area contributed by atoms with Gasteiger partial charge in [-0.05, 0) is 50.2 Å². The van der Waals surface area contributed by atoms with Gasteiger partial charge in [-0.3, -0.25) is 4.79 Å². The minimum atomic E-state index is 0.357. The lowest BCUT2D eigenvalue weighted by molar-refractivity contribution is -0.116. The highest BCUT2D eigenvalue weighted by molar-refractivity contribution is 5.96. The summed E-state index contributed by atoms with van der Waals surface area (Å²) in [6.07, 6.45) is 6.71. The summed E-state index contributed by atoms with van der Waals surface area (Å²) >= 11 is 0. The Morgan fingerprint density at radius 3 is 2.92 bits per heavy atom. The Hall–Kier alpha value is -0.850. The van der Waals surface area contributed by atoms with Crippen molar-refractivity contribution in [3.63, 3.8) is 0 Å². The highest BCUT2D eigenvalue weighted by Crippen LogP contribution is 2.37. The first-order valence-corrected chi connectivity index (χ1v) is 5.09. The predicted molar refractivity (Wildman–Crippen MR) is 53.4 cm³/mol. The second kappa shape index (κ2) is 3.13.